The molecule has 1 atom stereocenters. The molecule has 1 saturated heterocycles. The summed E-state index contributed by atoms with van der Waals surface area (Å²) in [5.41, 5.74) is 1.36. The topological polar surface area (TPSA) is 40.6 Å². The normalized spacial score (nSPS) is 20.3. The van der Waals surface area contributed by atoms with E-state index in [9.17, 15) is 22.8 Å². The van der Waals surface area contributed by atoms with Gasteiger partial charge >= 0.3 is 6.18 Å². The second kappa shape index (κ2) is 7.41. The first-order valence-electron chi connectivity index (χ1n) is 9.92. The number of hydrogen-bond acceptors (Lipinski definition) is 3. The van der Waals surface area contributed by atoms with E-state index in [0.717, 1.165) is 29.5 Å². The number of alkyl halides is 3. The molecule has 2 aliphatic rings. The zero-order valence-corrected chi connectivity index (χ0v) is 17.5. The highest BCUT2D eigenvalue weighted by molar-refractivity contribution is 8.02. The number of nitrogens with zero attached hydrogens (tertiary/aromatic N) is 2. The van der Waals surface area contributed by atoms with Crippen molar-refractivity contribution in [3.63, 3.8) is 0 Å². The molecule has 0 aliphatic carbocycles. The van der Waals surface area contributed by atoms with Gasteiger partial charge in [-0.2, -0.15) is 13.2 Å². The van der Waals surface area contributed by atoms with Gasteiger partial charge in [0.05, 0.1) is 23.5 Å². The lowest BCUT2D eigenvalue weighted by atomic mass is 10.0. The number of thioether (sulfide) groups is 1. The van der Waals surface area contributed by atoms with Crippen LogP contribution in [0.2, 0.25) is 0 Å². The summed E-state index contributed by atoms with van der Waals surface area (Å²) in [5.74, 6) is -0.745. The fraction of sp³-hybridized carbons (Fsp3) is 0.167. The average Bonchev–Trinajstić information content (AvgIpc) is 3.25. The van der Waals surface area contributed by atoms with Crippen LogP contribution in [0.15, 0.2) is 78.9 Å². The van der Waals surface area contributed by atoms with E-state index in [4.69, 9.17) is 0 Å². The van der Waals surface area contributed by atoms with Crippen LogP contribution in [0.1, 0.15) is 16.7 Å². The third kappa shape index (κ3) is 3.09. The highest BCUT2D eigenvalue weighted by Gasteiger charge is 2.61. The summed E-state index contributed by atoms with van der Waals surface area (Å²) in [6.07, 6.45) is -4.56. The number of benzene rings is 3. The fourth-order valence-corrected chi connectivity index (χ4v) is 5.66. The van der Waals surface area contributed by atoms with Gasteiger partial charge in [-0.05, 0) is 29.8 Å². The summed E-state index contributed by atoms with van der Waals surface area (Å²) in [6.45, 7) is 0.295. The summed E-state index contributed by atoms with van der Waals surface area (Å²) >= 11 is 1.15. The standard InChI is InChI=1S/C24H17F3N2O2S/c25-24(26,27)17-9-6-10-18(13-17)29-21(30)15-32-23(29)19-11-4-5-12-20(19)28(22(23)31)14-16-7-2-1-3-8-16/h1-13H,14-15H2/t23-/m0/s1. The Bertz CT molecular complexity index is 1220. The molecule has 3 aromatic rings. The minimum atomic E-state index is -4.56. The van der Waals surface area contributed by atoms with E-state index >= 15 is 0 Å². The van der Waals surface area contributed by atoms with Gasteiger partial charge in [0.25, 0.3) is 5.91 Å². The summed E-state index contributed by atoms with van der Waals surface area (Å²) in [5, 5.41) is 0. The third-order valence-corrected chi connectivity index (χ3v) is 7.07. The van der Waals surface area contributed by atoms with Crippen molar-refractivity contribution in [3.8, 4) is 0 Å². The number of para-hydroxylation sites is 1. The average molecular weight is 454 g/mol. The van der Waals surface area contributed by atoms with Crippen molar-refractivity contribution < 1.29 is 22.8 Å². The first-order chi connectivity index (χ1) is 15.3. The van der Waals surface area contributed by atoms with Crippen LogP contribution in [-0.2, 0) is 27.2 Å². The van der Waals surface area contributed by atoms with Crippen LogP contribution in [0.25, 0.3) is 0 Å². The molecule has 0 radical (unpaired) electrons. The first kappa shape index (κ1) is 20.6. The van der Waals surface area contributed by atoms with Crippen molar-refractivity contribution in [1.29, 1.82) is 0 Å². The number of hydrogen-bond donors (Lipinski definition) is 0. The van der Waals surface area contributed by atoms with Gasteiger partial charge < -0.3 is 4.90 Å². The second-order valence-corrected chi connectivity index (χ2v) is 8.77. The molecule has 4 nitrogen and oxygen atoms in total. The Morgan fingerprint density at radius 3 is 2.38 bits per heavy atom. The molecule has 32 heavy (non-hydrogen) atoms. The molecule has 162 valence electrons. The lowest BCUT2D eigenvalue weighted by Crippen LogP contribution is -2.49. The van der Waals surface area contributed by atoms with Crippen LogP contribution in [-0.4, -0.2) is 17.6 Å². The predicted molar refractivity (Wildman–Crippen MR) is 117 cm³/mol. The highest BCUT2D eigenvalue weighted by Crippen LogP contribution is 2.56. The maximum Gasteiger partial charge on any atom is 0.416 e. The van der Waals surface area contributed by atoms with Crippen LogP contribution in [0.3, 0.4) is 0 Å². The van der Waals surface area contributed by atoms with Gasteiger partial charge in [0.15, 0.2) is 0 Å². The molecule has 2 heterocycles. The van der Waals surface area contributed by atoms with E-state index in [1.165, 1.54) is 17.0 Å². The van der Waals surface area contributed by atoms with Crippen molar-refractivity contribution in [2.75, 3.05) is 15.6 Å². The zero-order valence-electron chi connectivity index (χ0n) is 16.7. The van der Waals surface area contributed by atoms with Crippen LogP contribution >= 0.6 is 11.8 Å². The molecule has 0 unspecified atom stereocenters. The molecule has 1 fully saturated rings. The van der Waals surface area contributed by atoms with Gasteiger partial charge in [0, 0.05) is 11.3 Å². The number of carbonyl (C=O) groups excluding carboxylic acids is 2. The lowest BCUT2D eigenvalue weighted by molar-refractivity contribution is -0.137. The monoisotopic (exact) mass is 454 g/mol. The maximum absolute atomic E-state index is 13.9. The Morgan fingerprint density at radius 1 is 0.906 bits per heavy atom. The zero-order chi connectivity index (χ0) is 22.5. The number of halogens is 3. The number of anilines is 2. The Kier molecular flexibility index (Phi) is 4.78. The SMILES string of the molecule is O=C1CS[C@@]2(C(=O)N(Cc3ccccc3)c3ccccc32)N1c1cccc(C(F)(F)F)c1. The minimum Gasteiger partial charge on any atom is -0.304 e. The number of amides is 2. The van der Waals surface area contributed by atoms with Crippen LogP contribution in [0.5, 0.6) is 0 Å². The van der Waals surface area contributed by atoms with Crippen LogP contribution in [0.4, 0.5) is 24.5 Å². The van der Waals surface area contributed by atoms with E-state index < -0.39 is 22.5 Å². The van der Waals surface area contributed by atoms with Gasteiger partial charge in [-0.15, -0.1) is 11.8 Å². The lowest BCUT2D eigenvalue weighted by Gasteiger charge is -2.33. The fourth-order valence-electron chi connectivity index (χ4n) is 4.30. The largest absolute Gasteiger partial charge is 0.416 e. The molecular formula is C24H17F3N2O2S. The highest BCUT2D eigenvalue weighted by atomic mass is 32.2. The quantitative estimate of drug-likeness (QED) is 0.547. The molecule has 0 bridgehead atoms. The van der Waals surface area contributed by atoms with Gasteiger partial charge in [0.1, 0.15) is 0 Å². The molecule has 2 aliphatic heterocycles. The molecule has 1 spiro atoms. The summed E-state index contributed by atoms with van der Waals surface area (Å²) in [7, 11) is 0. The van der Waals surface area contributed by atoms with E-state index in [2.05, 4.69) is 0 Å². The second-order valence-electron chi connectivity index (χ2n) is 7.60. The van der Waals surface area contributed by atoms with Crippen LogP contribution < -0.4 is 9.80 Å². The molecule has 5 rings (SSSR count). The van der Waals surface area contributed by atoms with E-state index in [1.807, 2.05) is 30.3 Å². The molecular weight excluding hydrogens is 437 g/mol. The van der Waals surface area contributed by atoms with Gasteiger partial charge in [-0.3, -0.25) is 14.5 Å². The molecule has 0 N–H and O–H groups in total. The Balaban J connectivity index is 1.64. The predicted octanol–water partition coefficient (Wildman–Crippen LogP) is 5.19. The Hall–Kier alpha value is -3.26. The number of fused-ring (bicyclic) bond motifs is 2. The third-order valence-electron chi connectivity index (χ3n) is 5.68. The molecule has 8 heteroatoms. The van der Waals surface area contributed by atoms with Gasteiger partial charge in [-0.25, -0.2) is 0 Å². The smallest absolute Gasteiger partial charge is 0.304 e. The van der Waals surface area contributed by atoms with E-state index in [1.54, 1.807) is 29.2 Å². The number of rotatable bonds is 3. The number of carbonyl (C=O) groups is 2. The van der Waals surface area contributed by atoms with Crippen molar-refractivity contribution in [1.82, 2.24) is 0 Å². The summed E-state index contributed by atoms with van der Waals surface area (Å²) < 4.78 is 40.1. The van der Waals surface area contributed by atoms with Gasteiger partial charge in [-0.1, -0.05) is 54.6 Å². The first-order valence-corrected chi connectivity index (χ1v) is 10.9. The Labute approximate surface area is 186 Å². The Morgan fingerprint density at radius 2 is 1.62 bits per heavy atom. The molecule has 0 saturated carbocycles. The van der Waals surface area contributed by atoms with E-state index in [0.29, 0.717) is 17.8 Å². The maximum atomic E-state index is 13.9. The van der Waals surface area contributed by atoms with E-state index in [-0.39, 0.29) is 17.3 Å². The van der Waals surface area contributed by atoms with Crippen molar-refractivity contribution in [2.24, 2.45) is 0 Å². The van der Waals surface area contributed by atoms with Crippen LogP contribution in [0, 0.1) is 0 Å². The summed E-state index contributed by atoms with van der Waals surface area (Å²) in [4.78, 5) is 28.3. The minimum absolute atomic E-state index is 0.00447. The van der Waals surface area contributed by atoms with Crippen molar-refractivity contribution in [3.05, 3.63) is 95.6 Å². The van der Waals surface area contributed by atoms with Crippen molar-refractivity contribution >= 4 is 35.0 Å². The van der Waals surface area contributed by atoms with Gasteiger partial charge in [0.2, 0.25) is 10.8 Å². The summed E-state index contributed by atoms with van der Waals surface area (Å²) in [6, 6.07) is 21.2. The molecule has 3 aromatic carbocycles. The molecule has 0 aromatic heterocycles. The van der Waals surface area contributed by atoms with Crippen molar-refractivity contribution in [2.45, 2.75) is 17.6 Å². The molecule has 2 amide bonds.